The quantitative estimate of drug-likeness (QED) is 0.790. The molecule has 2 rings (SSSR count). The smallest absolute Gasteiger partial charge is 0.184 e. The van der Waals surface area contributed by atoms with Crippen molar-refractivity contribution in [3.63, 3.8) is 0 Å². The second kappa shape index (κ2) is 8.18. The number of hydrogen-bond acceptors (Lipinski definition) is 2. The van der Waals surface area contributed by atoms with Gasteiger partial charge in [0.15, 0.2) is 5.78 Å². The molecule has 1 atom stereocenters. The number of hydrogen-bond donors (Lipinski definition) is 1. The van der Waals surface area contributed by atoms with Crippen LogP contribution >= 0.6 is 0 Å². The molecule has 0 aliphatic carbocycles. The summed E-state index contributed by atoms with van der Waals surface area (Å²) >= 11 is 0. The molecule has 0 unspecified atom stereocenters. The average molecular weight is 280 g/mol. The van der Waals surface area contributed by atoms with Crippen molar-refractivity contribution in [1.82, 2.24) is 0 Å². The molecule has 0 heterocycles. The number of aryl methyl sites for hydroxylation is 1. The first-order valence-electron chi connectivity index (χ1n) is 7.22. The van der Waals surface area contributed by atoms with Crippen molar-refractivity contribution in [1.29, 1.82) is 0 Å². The van der Waals surface area contributed by atoms with Crippen LogP contribution in [0.2, 0.25) is 0 Å². The lowest BCUT2D eigenvalue weighted by atomic mass is 10.0. The Morgan fingerprint density at radius 3 is 2.14 bits per heavy atom. The molecule has 2 nitrogen and oxygen atoms in total. The molecule has 0 saturated heterocycles. The topological polar surface area (TPSA) is 37.3 Å². The highest BCUT2D eigenvalue weighted by molar-refractivity contribution is 5.93. The number of carbonyl (C=O) groups excluding carboxylic acids is 1. The number of aliphatic hydroxyl groups is 1. The Morgan fingerprint density at radius 2 is 1.52 bits per heavy atom. The van der Waals surface area contributed by atoms with E-state index in [2.05, 4.69) is 12.1 Å². The highest BCUT2D eigenvalue weighted by Gasteiger charge is 2.12. The zero-order chi connectivity index (χ0) is 14.9. The Bertz CT molecular complexity index is 573. The lowest BCUT2D eigenvalue weighted by Gasteiger charge is -2.06. The maximum absolute atomic E-state index is 11.8. The van der Waals surface area contributed by atoms with Crippen molar-refractivity contribution >= 4 is 5.78 Å². The van der Waals surface area contributed by atoms with Gasteiger partial charge in [-0.25, -0.2) is 0 Å². The third kappa shape index (κ3) is 5.36. The van der Waals surface area contributed by atoms with Crippen LogP contribution in [-0.2, 0) is 17.6 Å². The molecule has 1 N–H and O–H groups in total. The Labute approximate surface area is 125 Å². The minimum Gasteiger partial charge on any atom is -0.385 e. The van der Waals surface area contributed by atoms with Gasteiger partial charge >= 0.3 is 0 Å². The fourth-order valence-corrected chi connectivity index (χ4v) is 2.14. The van der Waals surface area contributed by atoms with Crippen LogP contribution in [0.5, 0.6) is 0 Å². The standard InChI is InChI=1S/C19H20O2/c20-18(19(21)15-17-12-5-2-6-13-17)14-8-7-11-16-9-3-1-4-10-16/h1-6,8-10,12-14,19,21H,7,11,15H2/b14-8+/t19-/m0/s1. The van der Waals surface area contributed by atoms with Gasteiger partial charge in [-0.15, -0.1) is 0 Å². The molecule has 0 amide bonds. The summed E-state index contributed by atoms with van der Waals surface area (Å²) in [6.07, 6.45) is 4.44. The first kappa shape index (κ1) is 15.2. The third-order valence-corrected chi connectivity index (χ3v) is 3.32. The van der Waals surface area contributed by atoms with Crippen LogP contribution in [0.1, 0.15) is 17.5 Å². The summed E-state index contributed by atoms with van der Waals surface area (Å²) in [5, 5.41) is 9.89. The van der Waals surface area contributed by atoms with Gasteiger partial charge in [0.05, 0.1) is 0 Å². The van der Waals surface area contributed by atoms with Gasteiger partial charge < -0.3 is 5.11 Å². The Hall–Kier alpha value is -2.19. The molecular formula is C19H20O2. The highest BCUT2D eigenvalue weighted by atomic mass is 16.3. The summed E-state index contributed by atoms with van der Waals surface area (Å²) in [6, 6.07) is 19.7. The summed E-state index contributed by atoms with van der Waals surface area (Å²) in [5.41, 5.74) is 2.22. The van der Waals surface area contributed by atoms with Gasteiger partial charge in [0, 0.05) is 6.42 Å². The SMILES string of the molecule is O=C(/C=C/CCc1ccccc1)[C@@H](O)Cc1ccccc1. The lowest BCUT2D eigenvalue weighted by molar-refractivity contribution is -0.122. The van der Waals surface area contributed by atoms with Crippen LogP contribution in [-0.4, -0.2) is 17.0 Å². The molecule has 2 heteroatoms. The molecule has 2 aromatic rings. The Kier molecular flexibility index (Phi) is 5.92. The summed E-state index contributed by atoms with van der Waals surface area (Å²) in [5.74, 6) is -0.230. The zero-order valence-corrected chi connectivity index (χ0v) is 12.0. The molecule has 0 radical (unpaired) electrons. The molecule has 0 spiro atoms. The Balaban J connectivity index is 1.76. The second-order valence-electron chi connectivity index (χ2n) is 5.03. The van der Waals surface area contributed by atoms with E-state index in [9.17, 15) is 9.90 Å². The van der Waals surface area contributed by atoms with E-state index in [1.54, 1.807) is 0 Å². The maximum Gasteiger partial charge on any atom is 0.184 e. The van der Waals surface area contributed by atoms with E-state index in [0.29, 0.717) is 6.42 Å². The molecule has 108 valence electrons. The molecule has 2 aromatic carbocycles. The minimum absolute atomic E-state index is 0.230. The molecular weight excluding hydrogens is 260 g/mol. The summed E-state index contributed by atoms with van der Waals surface area (Å²) < 4.78 is 0. The Morgan fingerprint density at radius 1 is 0.952 bits per heavy atom. The molecule has 0 aliphatic rings. The minimum atomic E-state index is -0.958. The highest BCUT2D eigenvalue weighted by Crippen LogP contribution is 2.06. The number of rotatable bonds is 7. The fourth-order valence-electron chi connectivity index (χ4n) is 2.14. The molecule has 0 aromatic heterocycles. The van der Waals surface area contributed by atoms with Crippen molar-refractivity contribution < 1.29 is 9.90 Å². The predicted octanol–water partition coefficient (Wildman–Crippen LogP) is 3.35. The number of allylic oxidation sites excluding steroid dienone is 1. The van der Waals surface area contributed by atoms with Crippen molar-refractivity contribution in [3.8, 4) is 0 Å². The molecule has 0 aliphatic heterocycles. The molecule has 0 saturated carbocycles. The van der Waals surface area contributed by atoms with Gasteiger partial charge in [0.25, 0.3) is 0 Å². The monoisotopic (exact) mass is 280 g/mol. The van der Waals surface area contributed by atoms with E-state index < -0.39 is 6.10 Å². The van der Waals surface area contributed by atoms with Crippen LogP contribution in [0.4, 0.5) is 0 Å². The average Bonchev–Trinajstić information content (AvgIpc) is 2.53. The lowest BCUT2D eigenvalue weighted by Crippen LogP contribution is -2.20. The van der Waals surface area contributed by atoms with E-state index >= 15 is 0 Å². The number of ketones is 1. The van der Waals surface area contributed by atoms with E-state index in [-0.39, 0.29) is 5.78 Å². The summed E-state index contributed by atoms with van der Waals surface area (Å²) in [6.45, 7) is 0. The van der Waals surface area contributed by atoms with Gasteiger partial charge in [-0.1, -0.05) is 66.7 Å². The molecule has 21 heavy (non-hydrogen) atoms. The van der Waals surface area contributed by atoms with E-state index in [4.69, 9.17) is 0 Å². The molecule has 0 bridgehead atoms. The van der Waals surface area contributed by atoms with Gasteiger partial charge in [-0.2, -0.15) is 0 Å². The van der Waals surface area contributed by atoms with E-state index in [1.807, 2.05) is 54.6 Å². The number of carbonyl (C=O) groups is 1. The van der Waals surface area contributed by atoms with Crippen LogP contribution in [0, 0.1) is 0 Å². The van der Waals surface area contributed by atoms with Gasteiger partial charge in [-0.05, 0) is 30.0 Å². The van der Waals surface area contributed by atoms with Crippen LogP contribution in [0.3, 0.4) is 0 Å². The molecule has 0 fully saturated rings. The van der Waals surface area contributed by atoms with Gasteiger partial charge in [0.1, 0.15) is 6.10 Å². The summed E-state index contributed by atoms with van der Waals surface area (Å²) in [7, 11) is 0. The van der Waals surface area contributed by atoms with Crippen LogP contribution in [0.15, 0.2) is 72.8 Å². The normalized spacial score (nSPS) is 12.4. The maximum atomic E-state index is 11.8. The zero-order valence-electron chi connectivity index (χ0n) is 12.0. The van der Waals surface area contributed by atoms with Crippen molar-refractivity contribution in [2.24, 2.45) is 0 Å². The fraction of sp³-hybridized carbons (Fsp3) is 0.211. The number of aliphatic hydroxyl groups excluding tert-OH is 1. The first-order chi connectivity index (χ1) is 10.3. The van der Waals surface area contributed by atoms with Crippen molar-refractivity contribution in [2.45, 2.75) is 25.4 Å². The van der Waals surface area contributed by atoms with Gasteiger partial charge in [-0.3, -0.25) is 4.79 Å². The van der Waals surface area contributed by atoms with Gasteiger partial charge in [0.2, 0.25) is 0 Å². The van der Waals surface area contributed by atoms with Crippen molar-refractivity contribution in [2.75, 3.05) is 0 Å². The van der Waals surface area contributed by atoms with Crippen LogP contribution in [0.25, 0.3) is 0 Å². The van der Waals surface area contributed by atoms with E-state index in [1.165, 1.54) is 11.6 Å². The predicted molar refractivity (Wildman–Crippen MR) is 85.1 cm³/mol. The first-order valence-corrected chi connectivity index (χ1v) is 7.22. The van der Waals surface area contributed by atoms with Crippen molar-refractivity contribution in [3.05, 3.63) is 83.9 Å². The van der Waals surface area contributed by atoms with E-state index in [0.717, 1.165) is 18.4 Å². The largest absolute Gasteiger partial charge is 0.385 e. The summed E-state index contributed by atoms with van der Waals surface area (Å²) in [4.78, 5) is 11.8. The number of benzene rings is 2. The third-order valence-electron chi connectivity index (χ3n) is 3.32. The van der Waals surface area contributed by atoms with Crippen LogP contribution < -0.4 is 0 Å². The second-order valence-corrected chi connectivity index (χ2v) is 5.03.